The van der Waals surface area contributed by atoms with Gasteiger partial charge in [-0.3, -0.25) is 0 Å². The zero-order valence-corrected chi connectivity index (χ0v) is 13.4. The van der Waals surface area contributed by atoms with Gasteiger partial charge in [-0.1, -0.05) is 13.8 Å². The SMILES string of the molecule is COc1nc(CC(C)C)nc(NCCCn2ccnc2)c1N. The number of aromatic nitrogens is 4. The fourth-order valence-electron chi connectivity index (χ4n) is 2.13. The number of nitrogens with two attached hydrogens (primary N) is 1. The zero-order valence-electron chi connectivity index (χ0n) is 13.4. The normalized spacial score (nSPS) is 10.9. The van der Waals surface area contributed by atoms with Crippen molar-refractivity contribution >= 4 is 11.5 Å². The number of methoxy groups -OCH3 is 1. The zero-order chi connectivity index (χ0) is 15.9. The van der Waals surface area contributed by atoms with Crippen molar-refractivity contribution in [1.29, 1.82) is 0 Å². The topological polar surface area (TPSA) is 90.9 Å². The van der Waals surface area contributed by atoms with Gasteiger partial charge in [-0.25, -0.2) is 9.97 Å². The van der Waals surface area contributed by atoms with Crippen LogP contribution in [0.1, 0.15) is 26.1 Å². The van der Waals surface area contributed by atoms with Gasteiger partial charge in [-0.2, -0.15) is 4.98 Å². The predicted octanol–water partition coefficient (Wildman–Crippen LogP) is 1.96. The van der Waals surface area contributed by atoms with Crippen molar-refractivity contribution in [3.8, 4) is 5.88 Å². The molecule has 0 aromatic carbocycles. The number of nitrogens with zero attached hydrogens (tertiary/aromatic N) is 4. The van der Waals surface area contributed by atoms with Gasteiger partial charge in [-0.05, 0) is 12.3 Å². The summed E-state index contributed by atoms with van der Waals surface area (Å²) >= 11 is 0. The molecule has 0 aliphatic rings. The van der Waals surface area contributed by atoms with Crippen LogP contribution in [-0.4, -0.2) is 33.2 Å². The monoisotopic (exact) mass is 304 g/mol. The van der Waals surface area contributed by atoms with Gasteiger partial charge >= 0.3 is 0 Å². The summed E-state index contributed by atoms with van der Waals surface area (Å²) in [5.41, 5.74) is 6.50. The first-order chi connectivity index (χ1) is 10.6. The lowest BCUT2D eigenvalue weighted by Gasteiger charge is -2.13. The molecule has 0 radical (unpaired) electrons. The molecule has 7 nitrogen and oxygen atoms in total. The number of ether oxygens (including phenoxy) is 1. The van der Waals surface area contributed by atoms with Crippen molar-refractivity contribution in [3.05, 3.63) is 24.5 Å². The summed E-state index contributed by atoms with van der Waals surface area (Å²) in [5, 5.41) is 3.27. The van der Waals surface area contributed by atoms with Crippen LogP contribution in [0.5, 0.6) is 5.88 Å². The molecule has 0 unspecified atom stereocenters. The second-order valence-electron chi connectivity index (χ2n) is 5.59. The van der Waals surface area contributed by atoms with Crippen LogP contribution in [-0.2, 0) is 13.0 Å². The lowest BCUT2D eigenvalue weighted by molar-refractivity contribution is 0.396. The van der Waals surface area contributed by atoms with Gasteiger partial charge in [0.15, 0.2) is 5.82 Å². The van der Waals surface area contributed by atoms with Crippen molar-refractivity contribution in [2.75, 3.05) is 24.7 Å². The summed E-state index contributed by atoms with van der Waals surface area (Å²) in [6, 6.07) is 0. The van der Waals surface area contributed by atoms with Crippen molar-refractivity contribution in [3.63, 3.8) is 0 Å². The Bertz CT molecular complexity index is 582. The molecule has 120 valence electrons. The van der Waals surface area contributed by atoms with E-state index in [1.165, 1.54) is 0 Å². The van der Waals surface area contributed by atoms with E-state index in [0.717, 1.165) is 31.8 Å². The van der Waals surface area contributed by atoms with E-state index in [1.54, 1.807) is 13.3 Å². The van der Waals surface area contributed by atoms with Crippen LogP contribution < -0.4 is 15.8 Å². The summed E-state index contributed by atoms with van der Waals surface area (Å²) in [7, 11) is 1.57. The maximum Gasteiger partial charge on any atom is 0.242 e. The third-order valence-corrected chi connectivity index (χ3v) is 3.19. The highest BCUT2D eigenvalue weighted by atomic mass is 16.5. The molecule has 0 amide bonds. The molecule has 22 heavy (non-hydrogen) atoms. The Labute approximate surface area is 130 Å². The van der Waals surface area contributed by atoms with Gasteiger partial charge in [0.05, 0.1) is 13.4 Å². The molecule has 2 aromatic heterocycles. The Kier molecular flexibility index (Phi) is 5.57. The molecule has 2 rings (SSSR count). The molecule has 2 heterocycles. The minimum absolute atomic E-state index is 0.433. The number of rotatable bonds is 8. The molecular formula is C15H24N6O. The van der Waals surface area contributed by atoms with E-state index in [2.05, 4.69) is 34.1 Å². The molecule has 0 aliphatic carbocycles. The van der Waals surface area contributed by atoms with Gasteiger partial charge in [0, 0.05) is 31.9 Å². The molecular weight excluding hydrogens is 280 g/mol. The smallest absolute Gasteiger partial charge is 0.242 e. The first-order valence-corrected chi connectivity index (χ1v) is 7.50. The summed E-state index contributed by atoms with van der Waals surface area (Å²) in [5.74, 6) is 2.30. The molecule has 7 heteroatoms. The van der Waals surface area contributed by atoms with E-state index in [9.17, 15) is 0 Å². The maximum atomic E-state index is 6.04. The van der Waals surface area contributed by atoms with Crippen LogP contribution in [0.15, 0.2) is 18.7 Å². The van der Waals surface area contributed by atoms with Gasteiger partial charge < -0.3 is 20.4 Å². The van der Waals surface area contributed by atoms with Crippen LogP contribution in [0.25, 0.3) is 0 Å². The average molecular weight is 304 g/mol. The quantitative estimate of drug-likeness (QED) is 0.725. The maximum absolute atomic E-state index is 6.04. The molecule has 0 saturated carbocycles. The Balaban J connectivity index is 1.98. The van der Waals surface area contributed by atoms with E-state index in [4.69, 9.17) is 10.5 Å². The van der Waals surface area contributed by atoms with Crippen LogP contribution in [0.3, 0.4) is 0 Å². The summed E-state index contributed by atoms with van der Waals surface area (Å²) in [6.45, 7) is 5.92. The number of hydrogen-bond acceptors (Lipinski definition) is 6. The van der Waals surface area contributed by atoms with Crippen LogP contribution in [0.2, 0.25) is 0 Å². The Morgan fingerprint density at radius 2 is 2.18 bits per heavy atom. The van der Waals surface area contributed by atoms with E-state index >= 15 is 0 Å². The largest absolute Gasteiger partial charge is 0.479 e. The van der Waals surface area contributed by atoms with Crippen molar-refractivity contribution < 1.29 is 4.74 Å². The van der Waals surface area contributed by atoms with E-state index in [-0.39, 0.29) is 0 Å². The third-order valence-electron chi connectivity index (χ3n) is 3.19. The fourth-order valence-corrected chi connectivity index (χ4v) is 2.13. The number of aryl methyl sites for hydroxylation is 1. The summed E-state index contributed by atoms with van der Waals surface area (Å²) < 4.78 is 7.28. The van der Waals surface area contributed by atoms with Crippen molar-refractivity contribution in [1.82, 2.24) is 19.5 Å². The van der Waals surface area contributed by atoms with Crippen molar-refractivity contribution in [2.45, 2.75) is 33.2 Å². The van der Waals surface area contributed by atoms with E-state index < -0.39 is 0 Å². The van der Waals surface area contributed by atoms with Crippen LogP contribution in [0, 0.1) is 5.92 Å². The van der Waals surface area contributed by atoms with E-state index in [0.29, 0.717) is 23.3 Å². The van der Waals surface area contributed by atoms with Gasteiger partial charge in [0.1, 0.15) is 11.5 Å². The predicted molar refractivity (Wildman–Crippen MR) is 86.9 cm³/mol. The molecule has 3 N–H and O–H groups in total. The van der Waals surface area contributed by atoms with Crippen LogP contribution in [0.4, 0.5) is 11.5 Å². The highest BCUT2D eigenvalue weighted by Crippen LogP contribution is 2.26. The minimum Gasteiger partial charge on any atom is -0.479 e. The third kappa shape index (κ3) is 4.34. The molecule has 0 aliphatic heterocycles. The Morgan fingerprint density at radius 1 is 1.36 bits per heavy atom. The first kappa shape index (κ1) is 16.1. The molecule has 0 spiro atoms. The number of anilines is 2. The molecule has 0 bridgehead atoms. The van der Waals surface area contributed by atoms with E-state index in [1.807, 2.05) is 17.1 Å². The second-order valence-corrected chi connectivity index (χ2v) is 5.59. The lowest BCUT2D eigenvalue weighted by atomic mass is 10.1. The number of imidazole rings is 1. The lowest BCUT2D eigenvalue weighted by Crippen LogP contribution is -2.13. The molecule has 0 fully saturated rings. The Hall–Kier alpha value is -2.31. The highest BCUT2D eigenvalue weighted by Gasteiger charge is 2.13. The van der Waals surface area contributed by atoms with Gasteiger partial charge in [-0.15, -0.1) is 0 Å². The van der Waals surface area contributed by atoms with Gasteiger partial charge in [0.25, 0.3) is 0 Å². The van der Waals surface area contributed by atoms with Crippen molar-refractivity contribution in [2.24, 2.45) is 5.92 Å². The number of hydrogen-bond donors (Lipinski definition) is 2. The summed E-state index contributed by atoms with van der Waals surface area (Å²) in [6.07, 6.45) is 7.27. The standard InChI is InChI=1S/C15H24N6O/c1-11(2)9-12-19-14(13(16)15(20-12)22-3)18-5-4-7-21-8-6-17-10-21/h6,8,10-11H,4-5,7,9,16H2,1-3H3,(H,18,19,20). The minimum atomic E-state index is 0.433. The van der Waals surface area contributed by atoms with Gasteiger partial charge in [0.2, 0.25) is 5.88 Å². The second kappa shape index (κ2) is 7.63. The van der Waals surface area contributed by atoms with Crippen LogP contribution >= 0.6 is 0 Å². The molecule has 2 aromatic rings. The highest BCUT2D eigenvalue weighted by molar-refractivity contribution is 5.66. The molecule has 0 atom stereocenters. The average Bonchev–Trinajstić information content (AvgIpc) is 2.99. The molecule has 0 saturated heterocycles. The first-order valence-electron chi connectivity index (χ1n) is 7.50. The fraction of sp³-hybridized carbons (Fsp3) is 0.533. The number of nitrogens with one attached hydrogen (secondary N) is 1. The number of nitrogen functional groups attached to an aromatic ring is 1. The summed E-state index contributed by atoms with van der Waals surface area (Å²) in [4.78, 5) is 12.9. The Morgan fingerprint density at radius 3 is 2.82 bits per heavy atom.